The van der Waals surface area contributed by atoms with Crippen LogP contribution in [0.15, 0.2) is 60.8 Å². The van der Waals surface area contributed by atoms with Gasteiger partial charge in [-0.15, -0.1) is 0 Å². The summed E-state index contributed by atoms with van der Waals surface area (Å²) in [6.45, 7) is 2.20. The van der Waals surface area contributed by atoms with Crippen molar-refractivity contribution in [1.82, 2.24) is 15.2 Å². The number of carbonyl (C=O) groups is 1. The lowest BCUT2D eigenvalue weighted by Gasteiger charge is -2.36. The van der Waals surface area contributed by atoms with E-state index in [1.54, 1.807) is 13.3 Å². The molecule has 5 heteroatoms. The molecule has 1 aromatic heterocycles. The Morgan fingerprint density at radius 2 is 2.00 bits per heavy atom. The van der Waals surface area contributed by atoms with E-state index < -0.39 is 0 Å². The Hall–Kier alpha value is -2.92. The number of ether oxygens (including phenoxy) is 1. The Morgan fingerprint density at radius 1 is 1.19 bits per heavy atom. The van der Waals surface area contributed by atoms with E-state index in [1.807, 2.05) is 59.5 Å². The molecule has 132 valence electrons. The van der Waals surface area contributed by atoms with Gasteiger partial charge in [0.15, 0.2) is 0 Å². The summed E-state index contributed by atoms with van der Waals surface area (Å²) in [7, 11) is 1.65. The molecule has 0 spiro atoms. The normalized spacial score (nSPS) is 17.3. The monoisotopic (exact) mass is 347 g/mol. The second-order valence-electron chi connectivity index (χ2n) is 6.41. The second-order valence-corrected chi connectivity index (χ2v) is 6.41. The van der Waals surface area contributed by atoms with Gasteiger partial charge in [0.1, 0.15) is 5.75 Å². The van der Waals surface area contributed by atoms with E-state index in [0.29, 0.717) is 12.1 Å². The van der Waals surface area contributed by atoms with Gasteiger partial charge < -0.3 is 15.0 Å². The van der Waals surface area contributed by atoms with Crippen molar-refractivity contribution >= 4 is 16.8 Å². The lowest BCUT2D eigenvalue weighted by atomic mass is 10.0. The summed E-state index contributed by atoms with van der Waals surface area (Å²) in [5, 5.41) is 4.37. The maximum absolute atomic E-state index is 13.2. The molecule has 4 rings (SSSR count). The zero-order chi connectivity index (χ0) is 17.9. The van der Waals surface area contributed by atoms with Gasteiger partial charge in [-0.1, -0.05) is 30.3 Å². The summed E-state index contributed by atoms with van der Waals surface area (Å²) in [6.07, 6.45) is 1.68. The van der Waals surface area contributed by atoms with Crippen molar-refractivity contribution in [2.24, 2.45) is 0 Å². The fraction of sp³-hybridized carbons (Fsp3) is 0.238. The smallest absolute Gasteiger partial charge is 0.256 e. The standard InChI is InChI=1S/C21H21N3O2/c1-26-18-8-6-15(7-9-18)20-14-22-10-11-24(20)21(25)17-12-16-4-2-3-5-19(16)23-13-17/h2-9,12-13,20,22H,10-11,14H2,1H3/t20-/m1/s1. The average Bonchev–Trinajstić information content (AvgIpc) is 2.73. The minimum atomic E-state index is -0.00590. The number of fused-ring (bicyclic) bond motifs is 1. The Labute approximate surface area is 152 Å². The summed E-state index contributed by atoms with van der Waals surface area (Å²) in [6, 6.07) is 17.7. The van der Waals surface area contributed by atoms with Crippen LogP contribution in [-0.2, 0) is 0 Å². The summed E-state index contributed by atoms with van der Waals surface area (Å²) < 4.78 is 5.24. The van der Waals surface area contributed by atoms with Crippen LogP contribution < -0.4 is 10.1 Å². The maximum Gasteiger partial charge on any atom is 0.256 e. The number of pyridine rings is 1. The molecular weight excluding hydrogens is 326 g/mol. The molecule has 5 nitrogen and oxygen atoms in total. The predicted molar refractivity (Wildman–Crippen MR) is 101 cm³/mol. The third-order valence-electron chi connectivity index (χ3n) is 4.84. The van der Waals surface area contributed by atoms with Gasteiger partial charge in [-0.3, -0.25) is 9.78 Å². The molecule has 3 aromatic rings. The van der Waals surface area contributed by atoms with Gasteiger partial charge in [0, 0.05) is 31.2 Å². The number of rotatable bonds is 3. The van der Waals surface area contributed by atoms with Crippen molar-refractivity contribution in [3.8, 4) is 5.75 Å². The van der Waals surface area contributed by atoms with Crippen LogP contribution in [0.25, 0.3) is 10.9 Å². The number of amides is 1. The highest BCUT2D eigenvalue weighted by Gasteiger charge is 2.28. The highest BCUT2D eigenvalue weighted by Crippen LogP contribution is 2.26. The molecule has 2 aromatic carbocycles. The third kappa shape index (κ3) is 3.13. The Balaban J connectivity index is 1.64. The highest BCUT2D eigenvalue weighted by molar-refractivity contribution is 5.97. The SMILES string of the molecule is COc1ccc([C@H]2CNCCN2C(=O)c2cnc3ccccc3c2)cc1. The molecule has 1 aliphatic rings. The fourth-order valence-corrected chi connectivity index (χ4v) is 3.43. The van der Waals surface area contributed by atoms with Crippen molar-refractivity contribution in [2.45, 2.75) is 6.04 Å². The van der Waals surface area contributed by atoms with E-state index in [-0.39, 0.29) is 11.9 Å². The number of methoxy groups -OCH3 is 1. The van der Waals surface area contributed by atoms with E-state index in [9.17, 15) is 4.79 Å². The van der Waals surface area contributed by atoms with E-state index in [4.69, 9.17) is 4.74 Å². The van der Waals surface area contributed by atoms with Crippen LogP contribution in [0.1, 0.15) is 22.0 Å². The summed E-state index contributed by atoms with van der Waals surface area (Å²) in [5.74, 6) is 0.833. The zero-order valence-electron chi connectivity index (χ0n) is 14.7. The van der Waals surface area contributed by atoms with Gasteiger partial charge in [-0.25, -0.2) is 0 Å². The minimum absolute atomic E-state index is 0.00590. The average molecular weight is 347 g/mol. The molecule has 1 aliphatic heterocycles. The number of aromatic nitrogens is 1. The first kappa shape index (κ1) is 16.5. The Kier molecular flexibility index (Phi) is 4.54. The van der Waals surface area contributed by atoms with E-state index in [0.717, 1.165) is 35.3 Å². The molecule has 0 bridgehead atoms. The quantitative estimate of drug-likeness (QED) is 0.791. The number of piperazine rings is 1. The first-order valence-corrected chi connectivity index (χ1v) is 8.77. The third-order valence-corrected chi connectivity index (χ3v) is 4.84. The molecule has 1 amide bonds. The number of benzene rings is 2. The van der Waals surface area contributed by atoms with Crippen molar-refractivity contribution in [2.75, 3.05) is 26.7 Å². The van der Waals surface area contributed by atoms with Gasteiger partial charge in [-0.05, 0) is 29.8 Å². The van der Waals surface area contributed by atoms with Crippen LogP contribution in [0.4, 0.5) is 0 Å². The van der Waals surface area contributed by atoms with Gasteiger partial charge >= 0.3 is 0 Å². The van der Waals surface area contributed by atoms with Gasteiger partial charge in [-0.2, -0.15) is 0 Å². The first-order valence-electron chi connectivity index (χ1n) is 8.77. The number of para-hydroxylation sites is 1. The number of carbonyl (C=O) groups excluding carboxylic acids is 1. The number of hydrogen-bond donors (Lipinski definition) is 1. The molecule has 26 heavy (non-hydrogen) atoms. The minimum Gasteiger partial charge on any atom is -0.497 e. The summed E-state index contributed by atoms with van der Waals surface area (Å²) >= 11 is 0. The Morgan fingerprint density at radius 3 is 2.81 bits per heavy atom. The number of hydrogen-bond acceptors (Lipinski definition) is 4. The van der Waals surface area contributed by atoms with Gasteiger partial charge in [0.2, 0.25) is 0 Å². The molecule has 2 heterocycles. The van der Waals surface area contributed by atoms with Crippen LogP contribution >= 0.6 is 0 Å². The molecule has 0 saturated carbocycles. The van der Waals surface area contributed by atoms with Crippen LogP contribution in [0.3, 0.4) is 0 Å². The molecule has 0 aliphatic carbocycles. The van der Waals surface area contributed by atoms with Crippen LogP contribution in [0.2, 0.25) is 0 Å². The summed E-state index contributed by atoms with van der Waals surface area (Å²) in [5.41, 5.74) is 2.63. The second kappa shape index (κ2) is 7.14. The molecule has 0 unspecified atom stereocenters. The maximum atomic E-state index is 13.2. The van der Waals surface area contributed by atoms with E-state index in [1.165, 1.54) is 0 Å². The first-order chi connectivity index (χ1) is 12.8. The molecule has 0 radical (unpaired) electrons. The molecule has 1 atom stereocenters. The van der Waals surface area contributed by atoms with Crippen molar-refractivity contribution in [1.29, 1.82) is 0 Å². The molecule has 1 N–H and O–H groups in total. The molecule has 1 saturated heterocycles. The van der Waals surface area contributed by atoms with E-state index in [2.05, 4.69) is 10.3 Å². The van der Waals surface area contributed by atoms with Gasteiger partial charge in [0.25, 0.3) is 5.91 Å². The lowest BCUT2D eigenvalue weighted by Crippen LogP contribution is -2.48. The molecular formula is C21H21N3O2. The number of nitrogens with one attached hydrogen (secondary N) is 1. The fourth-order valence-electron chi connectivity index (χ4n) is 3.43. The molecule has 1 fully saturated rings. The lowest BCUT2D eigenvalue weighted by molar-refractivity contribution is 0.0634. The largest absolute Gasteiger partial charge is 0.497 e. The van der Waals surface area contributed by atoms with Crippen molar-refractivity contribution in [3.63, 3.8) is 0 Å². The predicted octanol–water partition coefficient (Wildman–Crippen LogP) is 3.03. The van der Waals surface area contributed by atoms with Crippen LogP contribution in [0, 0.1) is 0 Å². The van der Waals surface area contributed by atoms with Gasteiger partial charge in [0.05, 0.1) is 24.2 Å². The summed E-state index contributed by atoms with van der Waals surface area (Å²) in [4.78, 5) is 19.6. The zero-order valence-corrected chi connectivity index (χ0v) is 14.7. The highest BCUT2D eigenvalue weighted by atomic mass is 16.5. The topological polar surface area (TPSA) is 54.5 Å². The van der Waals surface area contributed by atoms with Crippen LogP contribution in [0.5, 0.6) is 5.75 Å². The van der Waals surface area contributed by atoms with E-state index >= 15 is 0 Å². The van der Waals surface area contributed by atoms with Crippen LogP contribution in [-0.4, -0.2) is 42.5 Å². The van der Waals surface area contributed by atoms with Crippen molar-refractivity contribution < 1.29 is 9.53 Å². The van der Waals surface area contributed by atoms with Crippen molar-refractivity contribution in [3.05, 3.63) is 71.9 Å². The Bertz CT molecular complexity index is 924. The number of nitrogens with zero attached hydrogens (tertiary/aromatic N) is 2.